The van der Waals surface area contributed by atoms with E-state index in [1.807, 2.05) is 0 Å². The van der Waals surface area contributed by atoms with E-state index >= 15 is 0 Å². The molecule has 0 spiro atoms. The molecule has 1 heterocycles. The number of aliphatic hydroxyl groups excluding tert-OH is 4. The molecule has 0 aliphatic carbocycles. The molecule has 0 aromatic carbocycles. The van der Waals surface area contributed by atoms with E-state index in [0.29, 0.717) is 6.61 Å². The van der Waals surface area contributed by atoms with Crippen LogP contribution in [0.15, 0.2) is 0 Å². The average molecular weight is 364 g/mol. The van der Waals surface area contributed by atoms with E-state index in [-0.39, 0.29) is 0 Å². The van der Waals surface area contributed by atoms with Gasteiger partial charge in [-0.25, -0.2) is 9.78 Å². The number of hydrogen-bond acceptors (Lipinski definition) is 7. The smallest absolute Gasteiger partial charge is 0.220 e. The van der Waals surface area contributed by atoms with E-state index < -0.39 is 37.3 Å². The van der Waals surface area contributed by atoms with Gasteiger partial charge in [0.25, 0.3) is 0 Å². The Morgan fingerprint density at radius 1 is 1.12 bits per heavy atom. The molecule has 0 unspecified atom stereocenters. The van der Waals surface area contributed by atoms with Crippen LogP contribution in [-0.4, -0.2) is 68.8 Å². The Morgan fingerprint density at radius 2 is 1.82 bits per heavy atom. The molecular formula is C9H17IO7. The quantitative estimate of drug-likeness (QED) is 0.150. The minimum Gasteiger partial charge on any atom is -0.394 e. The van der Waals surface area contributed by atoms with Crippen LogP contribution in [0.3, 0.4) is 0 Å². The molecule has 0 amide bonds. The zero-order valence-electron chi connectivity index (χ0n) is 9.11. The summed E-state index contributed by atoms with van der Waals surface area (Å²) in [4.78, 5) is 9.59. The lowest BCUT2D eigenvalue weighted by Crippen LogP contribution is -2.59. The highest BCUT2D eigenvalue weighted by atomic mass is 127. The van der Waals surface area contributed by atoms with E-state index in [2.05, 4.69) is 22.6 Å². The average Bonchev–Trinajstić information content (AvgIpc) is 2.34. The number of rotatable bonds is 6. The zero-order valence-corrected chi connectivity index (χ0v) is 11.3. The van der Waals surface area contributed by atoms with E-state index in [1.165, 1.54) is 0 Å². The highest BCUT2D eigenvalue weighted by molar-refractivity contribution is 14.1. The van der Waals surface area contributed by atoms with Gasteiger partial charge in [-0.1, -0.05) is 22.6 Å². The van der Waals surface area contributed by atoms with E-state index in [9.17, 15) is 15.3 Å². The summed E-state index contributed by atoms with van der Waals surface area (Å²) < 4.78 is 5.95. The highest BCUT2D eigenvalue weighted by Crippen LogP contribution is 2.21. The molecule has 5 atom stereocenters. The van der Waals surface area contributed by atoms with Gasteiger partial charge in [0.05, 0.1) is 13.2 Å². The molecule has 0 aromatic heterocycles. The lowest BCUT2D eigenvalue weighted by Gasteiger charge is -2.38. The van der Waals surface area contributed by atoms with Crippen LogP contribution in [0.1, 0.15) is 6.42 Å². The van der Waals surface area contributed by atoms with Gasteiger partial charge in [0.1, 0.15) is 24.4 Å². The fourth-order valence-corrected chi connectivity index (χ4v) is 1.69. The summed E-state index contributed by atoms with van der Waals surface area (Å²) in [5.74, 6) is 0. The lowest BCUT2D eigenvalue weighted by molar-refractivity contribution is -0.425. The van der Waals surface area contributed by atoms with Gasteiger partial charge in [-0.15, -0.1) is 0 Å². The van der Waals surface area contributed by atoms with Crippen molar-refractivity contribution in [3.63, 3.8) is 0 Å². The van der Waals surface area contributed by atoms with Gasteiger partial charge in [-0.3, -0.25) is 0 Å². The number of alkyl halides is 1. The minimum absolute atomic E-state index is 0.331. The first kappa shape index (κ1) is 15.5. The van der Waals surface area contributed by atoms with Crippen molar-refractivity contribution in [3.8, 4) is 0 Å². The zero-order chi connectivity index (χ0) is 12.8. The van der Waals surface area contributed by atoms with Gasteiger partial charge in [0.15, 0.2) is 0 Å². The van der Waals surface area contributed by atoms with Crippen molar-refractivity contribution >= 4 is 22.6 Å². The van der Waals surface area contributed by atoms with Gasteiger partial charge >= 0.3 is 0 Å². The first-order valence-corrected chi connectivity index (χ1v) is 6.79. The highest BCUT2D eigenvalue weighted by Gasteiger charge is 2.44. The molecular weight excluding hydrogens is 347 g/mol. The Morgan fingerprint density at radius 3 is 2.41 bits per heavy atom. The maximum atomic E-state index is 9.55. The summed E-state index contributed by atoms with van der Waals surface area (Å²) in [6, 6.07) is 0. The van der Waals surface area contributed by atoms with Gasteiger partial charge in [0.2, 0.25) is 6.29 Å². The second kappa shape index (κ2) is 7.79. The van der Waals surface area contributed by atoms with Crippen molar-refractivity contribution in [2.75, 3.05) is 17.6 Å². The molecule has 1 aliphatic heterocycles. The van der Waals surface area contributed by atoms with E-state index in [4.69, 9.17) is 19.6 Å². The molecule has 1 aliphatic rings. The van der Waals surface area contributed by atoms with Gasteiger partial charge in [-0.05, 0) is 6.42 Å². The Hall–Kier alpha value is 0.450. The van der Waals surface area contributed by atoms with Crippen molar-refractivity contribution in [3.05, 3.63) is 0 Å². The summed E-state index contributed by atoms with van der Waals surface area (Å²) in [6.07, 6.45) is -5.68. The predicted octanol–water partition coefficient (Wildman–Crippen LogP) is -1.44. The second-order valence-corrected chi connectivity index (χ2v) is 4.74. The molecule has 102 valence electrons. The number of hydrogen-bond donors (Lipinski definition) is 4. The molecule has 1 fully saturated rings. The van der Waals surface area contributed by atoms with Crippen molar-refractivity contribution in [1.82, 2.24) is 0 Å². The van der Waals surface area contributed by atoms with Crippen LogP contribution in [0.25, 0.3) is 0 Å². The standard InChI is InChI=1S/C9H17IO7/c10-2-1-3-15-17-9-8(14)7(13)6(12)5(4-11)16-9/h5-9,11-14H,1-4H2/t5-,6-,7+,8+,9-/m1/s1. The SMILES string of the molecule is OC[C@H]1O[C@H](OOCCCI)[C@@H](O)[C@@H](O)[C@@H]1O. The first-order valence-electron chi connectivity index (χ1n) is 5.26. The van der Waals surface area contributed by atoms with Crippen molar-refractivity contribution in [1.29, 1.82) is 0 Å². The maximum absolute atomic E-state index is 9.55. The fraction of sp³-hybridized carbons (Fsp3) is 1.00. The van der Waals surface area contributed by atoms with Crippen LogP contribution < -0.4 is 0 Å². The minimum atomic E-state index is -1.45. The number of ether oxygens (including phenoxy) is 1. The number of halogens is 1. The van der Waals surface area contributed by atoms with Crippen LogP contribution in [0.2, 0.25) is 0 Å². The third-order valence-electron chi connectivity index (χ3n) is 2.37. The second-order valence-electron chi connectivity index (χ2n) is 3.66. The Bertz CT molecular complexity index is 216. The van der Waals surface area contributed by atoms with Gasteiger partial charge < -0.3 is 25.2 Å². The molecule has 7 nitrogen and oxygen atoms in total. The normalized spacial score (nSPS) is 38.3. The monoisotopic (exact) mass is 364 g/mol. The lowest BCUT2D eigenvalue weighted by atomic mass is 9.99. The molecule has 1 rings (SSSR count). The number of aliphatic hydroxyl groups is 4. The summed E-state index contributed by atoms with van der Waals surface area (Å²) in [5, 5.41) is 37.4. The van der Waals surface area contributed by atoms with Crippen LogP contribution in [0.5, 0.6) is 0 Å². The summed E-state index contributed by atoms with van der Waals surface area (Å²) in [5.41, 5.74) is 0. The fourth-order valence-electron chi connectivity index (χ4n) is 1.38. The molecule has 0 saturated carbocycles. The van der Waals surface area contributed by atoms with Crippen molar-refractivity contribution in [2.45, 2.75) is 37.1 Å². The largest absolute Gasteiger partial charge is 0.394 e. The predicted molar refractivity (Wildman–Crippen MR) is 64.3 cm³/mol. The topological polar surface area (TPSA) is 109 Å². The third-order valence-corrected chi connectivity index (χ3v) is 3.14. The first-order chi connectivity index (χ1) is 8.11. The van der Waals surface area contributed by atoms with Crippen LogP contribution in [-0.2, 0) is 14.5 Å². The molecule has 0 radical (unpaired) electrons. The summed E-state index contributed by atoms with van der Waals surface area (Å²) in [6.45, 7) is -0.156. The van der Waals surface area contributed by atoms with E-state index in [0.717, 1.165) is 10.8 Å². The summed E-state index contributed by atoms with van der Waals surface area (Å²) >= 11 is 2.18. The summed E-state index contributed by atoms with van der Waals surface area (Å²) in [7, 11) is 0. The van der Waals surface area contributed by atoms with Crippen molar-refractivity contribution in [2.24, 2.45) is 0 Å². The van der Waals surface area contributed by atoms with Crippen molar-refractivity contribution < 1.29 is 34.9 Å². The molecule has 0 bridgehead atoms. The van der Waals surface area contributed by atoms with Crippen LogP contribution in [0.4, 0.5) is 0 Å². The molecule has 4 N–H and O–H groups in total. The Kier molecular flexibility index (Phi) is 7.11. The molecule has 1 saturated heterocycles. The molecule has 8 heteroatoms. The Balaban J connectivity index is 2.42. The van der Waals surface area contributed by atoms with E-state index in [1.54, 1.807) is 0 Å². The Labute approximate surface area is 112 Å². The van der Waals surface area contributed by atoms with Crippen LogP contribution in [0, 0.1) is 0 Å². The molecule has 17 heavy (non-hydrogen) atoms. The van der Waals surface area contributed by atoms with Crippen LogP contribution >= 0.6 is 22.6 Å². The third kappa shape index (κ3) is 4.24. The maximum Gasteiger partial charge on any atom is 0.220 e. The van der Waals surface area contributed by atoms with Gasteiger partial charge in [-0.2, -0.15) is 0 Å². The van der Waals surface area contributed by atoms with Gasteiger partial charge in [0, 0.05) is 4.43 Å². The molecule has 0 aromatic rings.